The summed E-state index contributed by atoms with van der Waals surface area (Å²) in [4.78, 5) is 13.0. The van der Waals surface area contributed by atoms with Gasteiger partial charge in [-0.15, -0.1) is 0 Å². The number of carboxylic acids is 1. The molecular weight excluding hydrogens is 728 g/mol. The van der Waals surface area contributed by atoms with Crippen LogP contribution in [0, 0.1) is 50.2 Å². The molecule has 2 aliphatic heterocycles. The predicted octanol–water partition coefficient (Wildman–Crippen LogP) is 1.85. The molecule has 56 heavy (non-hydrogen) atoms. The van der Waals surface area contributed by atoms with Crippen molar-refractivity contribution in [1.82, 2.24) is 0 Å². The summed E-state index contributed by atoms with van der Waals surface area (Å²) in [5.41, 5.74) is -0.474. The molecule has 7 aliphatic rings. The first-order valence-electron chi connectivity index (χ1n) is 21.0. The van der Waals surface area contributed by atoms with Crippen molar-refractivity contribution in [2.45, 2.75) is 173 Å². The molecule has 7 rings (SSSR count). The zero-order valence-corrected chi connectivity index (χ0v) is 33.9. The van der Waals surface area contributed by atoms with E-state index in [0.29, 0.717) is 19.3 Å². The Morgan fingerprint density at radius 3 is 2.02 bits per heavy atom. The van der Waals surface area contributed by atoms with Crippen LogP contribution in [-0.2, 0) is 23.7 Å². The molecule has 0 aromatic heterocycles. The number of carbonyl (C=O) groups is 1. The van der Waals surface area contributed by atoms with Gasteiger partial charge in [-0.1, -0.05) is 53.2 Å². The van der Waals surface area contributed by atoms with Crippen molar-refractivity contribution >= 4 is 5.97 Å². The van der Waals surface area contributed by atoms with E-state index in [4.69, 9.17) is 18.9 Å². The number of hydrogen-bond donors (Lipinski definition) is 9. The van der Waals surface area contributed by atoms with Gasteiger partial charge in [-0.2, -0.15) is 0 Å². The fraction of sp³-hybridized carbons (Fsp3) is 0.929. The predicted molar refractivity (Wildman–Crippen MR) is 199 cm³/mol. The van der Waals surface area contributed by atoms with E-state index in [2.05, 4.69) is 40.7 Å². The van der Waals surface area contributed by atoms with Crippen molar-refractivity contribution in [1.29, 1.82) is 0 Å². The molecule has 6 fully saturated rings. The van der Waals surface area contributed by atoms with Gasteiger partial charge in [-0.05, 0) is 104 Å². The molecule has 0 aromatic rings. The van der Waals surface area contributed by atoms with Gasteiger partial charge < -0.3 is 64.9 Å². The van der Waals surface area contributed by atoms with Gasteiger partial charge in [0.2, 0.25) is 0 Å². The fourth-order valence-electron chi connectivity index (χ4n) is 13.6. The number of aliphatic hydroxyl groups excluding tert-OH is 8. The lowest BCUT2D eigenvalue weighted by Crippen LogP contribution is -2.67. The molecule has 0 radical (unpaired) electrons. The van der Waals surface area contributed by atoms with Crippen LogP contribution in [0.25, 0.3) is 0 Å². The van der Waals surface area contributed by atoms with E-state index in [0.717, 1.165) is 44.9 Å². The largest absolute Gasteiger partial charge is 0.481 e. The lowest BCUT2D eigenvalue weighted by Gasteiger charge is -2.71. The van der Waals surface area contributed by atoms with E-state index in [1.54, 1.807) is 0 Å². The van der Waals surface area contributed by atoms with Crippen molar-refractivity contribution in [2.75, 3.05) is 19.8 Å². The molecule has 4 saturated carbocycles. The van der Waals surface area contributed by atoms with Crippen LogP contribution >= 0.6 is 0 Å². The van der Waals surface area contributed by atoms with Crippen LogP contribution in [0.5, 0.6) is 0 Å². The van der Waals surface area contributed by atoms with Crippen molar-refractivity contribution in [3.8, 4) is 0 Å². The van der Waals surface area contributed by atoms with Crippen LogP contribution in [-0.4, -0.2) is 139 Å². The second kappa shape index (κ2) is 14.7. The Balaban J connectivity index is 1.10. The highest BCUT2D eigenvalue weighted by Crippen LogP contribution is 2.76. The molecule has 2 saturated heterocycles. The summed E-state index contributed by atoms with van der Waals surface area (Å²) in [5, 5.41) is 95.1. The Morgan fingerprint density at radius 1 is 0.750 bits per heavy atom. The van der Waals surface area contributed by atoms with Crippen LogP contribution in [0.4, 0.5) is 0 Å². The molecule has 5 aliphatic carbocycles. The molecule has 14 nitrogen and oxygen atoms in total. The Labute approximate surface area is 330 Å². The highest BCUT2D eigenvalue weighted by Gasteiger charge is 2.70. The second-order valence-electron chi connectivity index (χ2n) is 20.5. The molecule has 0 aromatic carbocycles. The van der Waals surface area contributed by atoms with Gasteiger partial charge in [-0.25, -0.2) is 0 Å². The van der Waals surface area contributed by atoms with E-state index < -0.39 is 97.5 Å². The van der Waals surface area contributed by atoms with Crippen molar-refractivity contribution in [2.24, 2.45) is 50.2 Å². The van der Waals surface area contributed by atoms with Gasteiger partial charge in [0.25, 0.3) is 0 Å². The van der Waals surface area contributed by atoms with Gasteiger partial charge in [0.05, 0.1) is 31.3 Å². The highest BCUT2D eigenvalue weighted by molar-refractivity contribution is 5.76. The fourth-order valence-corrected chi connectivity index (χ4v) is 13.6. The molecular formula is C42H68O14. The summed E-state index contributed by atoms with van der Waals surface area (Å²) in [7, 11) is 0. The minimum absolute atomic E-state index is 0.0138. The molecule has 0 bridgehead atoms. The average molecular weight is 797 g/mol. The minimum atomic E-state index is -1.68. The smallest absolute Gasteiger partial charge is 0.310 e. The number of rotatable bonds is 8. The molecule has 0 spiro atoms. The summed E-state index contributed by atoms with van der Waals surface area (Å²) in [5.74, 6) is -0.324. The van der Waals surface area contributed by atoms with E-state index in [1.807, 2.05) is 6.92 Å². The number of aliphatic hydroxyl groups is 8. The first kappa shape index (κ1) is 42.8. The number of fused-ring (bicyclic) bond motifs is 7. The third-order valence-electron chi connectivity index (χ3n) is 17.4. The standard InChI is InChI=1S/C42H68O14/c1-37(2)13-15-42(36(51)52)16-14-40(5)21(22(42)17-37)7-8-26-38(3)11-10-27(39(4,20-44)25(38)9-12-41(26,40)6)56-35-33(50)31(48)29(46)24(55-35)19-53-34-32(49)30(47)28(45)23(18-43)54-34/h7,22-35,43-50H,8-20H2,1-6H3,(H,51,52)/t22-,23+,24+,25?,26+,27-,28+,29+,30-,31-,32+,33+,34+,35-,38-,39-,40+,41+,42-/m0/s1. The Hall–Kier alpha value is -1.27. The van der Waals surface area contributed by atoms with Crippen LogP contribution in [0.1, 0.15) is 106 Å². The summed E-state index contributed by atoms with van der Waals surface area (Å²) in [6.45, 7) is 12.5. The quantitative estimate of drug-likeness (QED) is 0.126. The van der Waals surface area contributed by atoms with Gasteiger partial charge in [0.15, 0.2) is 12.6 Å². The number of carboxylic acid groups (broad SMARTS) is 1. The second-order valence-corrected chi connectivity index (χ2v) is 20.5. The molecule has 0 amide bonds. The monoisotopic (exact) mass is 796 g/mol. The maximum Gasteiger partial charge on any atom is 0.310 e. The third-order valence-corrected chi connectivity index (χ3v) is 17.4. The van der Waals surface area contributed by atoms with E-state index >= 15 is 0 Å². The van der Waals surface area contributed by atoms with Crippen LogP contribution in [0.2, 0.25) is 0 Å². The van der Waals surface area contributed by atoms with Gasteiger partial charge in [0, 0.05) is 5.41 Å². The molecule has 1 unspecified atom stereocenters. The number of aliphatic carboxylic acids is 1. The third kappa shape index (κ3) is 6.29. The summed E-state index contributed by atoms with van der Waals surface area (Å²) in [6, 6.07) is 0. The van der Waals surface area contributed by atoms with E-state index in [9.17, 15) is 50.8 Å². The Bertz CT molecular complexity index is 1500. The minimum Gasteiger partial charge on any atom is -0.481 e. The van der Waals surface area contributed by atoms with Crippen LogP contribution in [0.3, 0.4) is 0 Å². The van der Waals surface area contributed by atoms with Gasteiger partial charge in [0.1, 0.15) is 48.8 Å². The molecule has 2 heterocycles. The molecule has 320 valence electrons. The first-order valence-corrected chi connectivity index (χ1v) is 21.0. The summed E-state index contributed by atoms with van der Waals surface area (Å²) >= 11 is 0. The zero-order valence-electron chi connectivity index (χ0n) is 33.9. The SMILES string of the molecule is CC1(C)CC[C@]2(C(=O)O)CC[C@]3(C)C(=CC[C@@H]4[C@@]5(C)CC[C@H](O[C@@H]6O[C@H](CO[C@@H]7O[C@H](CO)[C@@H](O)[C@H](O)[C@H]7O)[C@@H](O)[C@H](O)[C@H]6O)[C@@](C)(CO)C5CC[C@]43C)[C@@H]2C1. The van der Waals surface area contributed by atoms with E-state index in [-0.39, 0.29) is 46.0 Å². The number of hydrogen-bond acceptors (Lipinski definition) is 13. The lowest BCUT2D eigenvalue weighted by molar-refractivity contribution is -0.347. The lowest BCUT2D eigenvalue weighted by atomic mass is 9.33. The van der Waals surface area contributed by atoms with Gasteiger partial charge in [-0.3, -0.25) is 4.79 Å². The topological polar surface area (TPSA) is 236 Å². The van der Waals surface area contributed by atoms with Crippen LogP contribution in [0.15, 0.2) is 11.6 Å². The normalized spacial score (nSPS) is 54.1. The highest BCUT2D eigenvalue weighted by atomic mass is 16.7. The van der Waals surface area contributed by atoms with Gasteiger partial charge >= 0.3 is 5.97 Å². The van der Waals surface area contributed by atoms with Crippen LogP contribution < -0.4 is 0 Å². The summed E-state index contributed by atoms with van der Waals surface area (Å²) in [6.07, 6.45) is -5.44. The Morgan fingerprint density at radius 2 is 1.38 bits per heavy atom. The van der Waals surface area contributed by atoms with Crippen molar-refractivity contribution in [3.05, 3.63) is 11.6 Å². The maximum atomic E-state index is 13.0. The average Bonchev–Trinajstić information content (AvgIpc) is 3.15. The van der Waals surface area contributed by atoms with Crippen molar-refractivity contribution < 1.29 is 69.7 Å². The molecule has 14 heteroatoms. The molecule has 19 atom stereocenters. The summed E-state index contributed by atoms with van der Waals surface area (Å²) < 4.78 is 23.6. The molecule has 9 N–H and O–H groups in total. The zero-order chi connectivity index (χ0) is 41.0. The first-order chi connectivity index (χ1) is 26.1. The van der Waals surface area contributed by atoms with E-state index in [1.165, 1.54) is 5.57 Å². The maximum absolute atomic E-state index is 13.0. The number of allylic oxidation sites excluding steroid dienone is 2. The van der Waals surface area contributed by atoms with Crippen molar-refractivity contribution in [3.63, 3.8) is 0 Å². The number of ether oxygens (including phenoxy) is 4. The Kier molecular flexibility index (Phi) is 11.3.